The van der Waals surface area contributed by atoms with Crippen molar-refractivity contribution in [1.29, 1.82) is 0 Å². The van der Waals surface area contributed by atoms with E-state index >= 15 is 0 Å². The minimum atomic E-state index is -0.933. The van der Waals surface area contributed by atoms with E-state index in [1.54, 1.807) is 4.90 Å². The van der Waals surface area contributed by atoms with Gasteiger partial charge in [0.05, 0.1) is 6.61 Å². The lowest BCUT2D eigenvalue weighted by Crippen LogP contribution is -2.54. The van der Waals surface area contributed by atoms with Crippen molar-refractivity contribution in [1.82, 2.24) is 4.90 Å². The molecule has 1 N–H and O–H groups in total. The van der Waals surface area contributed by atoms with Gasteiger partial charge in [-0.25, -0.2) is 0 Å². The molecule has 0 aromatic heterocycles. The van der Waals surface area contributed by atoms with Gasteiger partial charge in [0.15, 0.2) is 0 Å². The van der Waals surface area contributed by atoms with Crippen molar-refractivity contribution in [3.05, 3.63) is 0 Å². The normalized spacial score (nSPS) is 29.4. The lowest BCUT2D eigenvalue weighted by molar-refractivity contribution is -0.161. The Labute approximate surface area is 120 Å². The fourth-order valence-corrected chi connectivity index (χ4v) is 3.69. The topological polar surface area (TPSA) is 66.8 Å². The monoisotopic (exact) mass is 283 g/mol. The maximum Gasteiger partial charge on any atom is 0.313 e. The number of hydrogen-bond donors (Lipinski definition) is 1. The van der Waals surface area contributed by atoms with Crippen molar-refractivity contribution in [2.24, 2.45) is 10.8 Å². The Hall–Kier alpha value is -1.10. The number of nitrogens with zero attached hydrogens (tertiary/aromatic N) is 1. The summed E-state index contributed by atoms with van der Waals surface area (Å²) in [6, 6.07) is 0. The minimum Gasteiger partial charge on any atom is -0.481 e. The number of ether oxygens (including phenoxy) is 1. The molecule has 1 saturated heterocycles. The predicted molar refractivity (Wildman–Crippen MR) is 74.3 cm³/mol. The Morgan fingerprint density at radius 2 is 1.85 bits per heavy atom. The van der Waals surface area contributed by atoms with E-state index in [0.29, 0.717) is 13.0 Å². The summed E-state index contributed by atoms with van der Waals surface area (Å²) >= 11 is 0. The van der Waals surface area contributed by atoms with Gasteiger partial charge < -0.3 is 14.7 Å². The van der Waals surface area contributed by atoms with Crippen LogP contribution in [-0.2, 0) is 14.3 Å². The SMILES string of the molecule is COCC1(C(=O)O)CCCN(C(=O)C2(C)CCCC2)C1. The van der Waals surface area contributed by atoms with Crippen LogP contribution >= 0.6 is 0 Å². The summed E-state index contributed by atoms with van der Waals surface area (Å²) in [5.74, 6) is -0.718. The average molecular weight is 283 g/mol. The van der Waals surface area contributed by atoms with E-state index < -0.39 is 11.4 Å². The number of carboxylic acids is 1. The molecule has 2 fully saturated rings. The summed E-state index contributed by atoms with van der Waals surface area (Å²) in [5.41, 5.74) is -1.22. The van der Waals surface area contributed by atoms with Gasteiger partial charge in [0.1, 0.15) is 5.41 Å². The summed E-state index contributed by atoms with van der Waals surface area (Å²) in [4.78, 5) is 26.1. The van der Waals surface area contributed by atoms with Crippen LogP contribution < -0.4 is 0 Å². The van der Waals surface area contributed by atoms with Crippen LogP contribution in [0.2, 0.25) is 0 Å². The molecule has 2 aliphatic rings. The molecule has 0 bridgehead atoms. The third kappa shape index (κ3) is 2.68. The van der Waals surface area contributed by atoms with Crippen LogP contribution in [0, 0.1) is 10.8 Å². The second kappa shape index (κ2) is 5.72. The van der Waals surface area contributed by atoms with Crippen molar-refractivity contribution in [2.75, 3.05) is 26.8 Å². The third-order valence-corrected chi connectivity index (χ3v) is 4.96. The number of piperidine rings is 1. The minimum absolute atomic E-state index is 0.136. The van der Waals surface area contributed by atoms with Crippen LogP contribution in [0.15, 0.2) is 0 Å². The first kappa shape index (κ1) is 15.3. The molecule has 114 valence electrons. The second-order valence-electron chi connectivity index (χ2n) is 6.62. The quantitative estimate of drug-likeness (QED) is 0.856. The maximum atomic E-state index is 12.7. The molecule has 1 aliphatic carbocycles. The highest BCUT2D eigenvalue weighted by atomic mass is 16.5. The van der Waals surface area contributed by atoms with E-state index in [2.05, 4.69) is 0 Å². The molecule has 20 heavy (non-hydrogen) atoms. The van der Waals surface area contributed by atoms with Crippen LogP contribution in [0.3, 0.4) is 0 Å². The van der Waals surface area contributed by atoms with Crippen LogP contribution in [-0.4, -0.2) is 48.7 Å². The second-order valence-corrected chi connectivity index (χ2v) is 6.62. The first-order chi connectivity index (χ1) is 9.43. The molecule has 1 heterocycles. The molecule has 1 unspecified atom stereocenters. The summed E-state index contributed by atoms with van der Waals surface area (Å²) in [6.07, 6.45) is 5.35. The molecule has 1 amide bonds. The average Bonchev–Trinajstić information content (AvgIpc) is 2.86. The number of rotatable bonds is 4. The third-order valence-electron chi connectivity index (χ3n) is 4.96. The number of carboxylic acid groups (broad SMARTS) is 1. The summed E-state index contributed by atoms with van der Waals surface area (Å²) < 4.78 is 5.11. The zero-order chi connectivity index (χ0) is 14.8. The zero-order valence-corrected chi connectivity index (χ0v) is 12.5. The van der Waals surface area contributed by atoms with Gasteiger partial charge in [-0.1, -0.05) is 19.8 Å². The molecular formula is C15H25NO4. The molecule has 1 aliphatic heterocycles. The fraction of sp³-hybridized carbons (Fsp3) is 0.867. The first-order valence-electron chi connectivity index (χ1n) is 7.45. The molecule has 0 aromatic rings. The van der Waals surface area contributed by atoms with Gasteiger partial charge in [-0.15, -0.1) is 0 Å². The van der Waals surface area contributed by atoms with Crippen LogP contribution in [0.4, 0.5) is 0 Å². The smallest absolute Gasteiger partial charge is 0.313 e. The Kier molecular flexibility index (Phi) is 4.37. The summed E-state index contributed by atoms with van der Waals surface area (Å²) in [6.45, 7) is 3.15. The van der Waals surface area contributed by atoms with Crippen LogP contribution in [0.1, 0.15) is 45.4 Å². The molecule has 0 radical (unpaired) electrons. The van der Waals surface area contributed by atoms with Crippen molar-refractivity contribution in [2.45, 2.75) is 45.4 Å². The van der Waals surface area contributed by atoms with E-state index in [4.69, 9.17) is 4.74 Å². The van der Waals surface area contributed by atoms with Crippen molar-refractivity contribution in [3.8, 4) is 0 Å². The van der Waals surface area contributed by atoms with E-state index in [1.807, 2.05) is 6.92 Å². The Balaban J connectivity index is 2.13. The standard InChI is InChI=1S/C15H25NO4/c1-14(6-3-4-7-14)12(17)16-9-5-8-15(10-16,11-20-2)13(18)19/h3-11H2,1-2H3,(H,18,19). The number of aliphatic carboxylic acids is 1. The zero-order valence-electron chi connectivity index (χ0n) is 12.5. The highest BCUT2D eigenvalue weighted by molar-refractivity contribution is 5.84. The van der Waals surface area contributed by atoms with E-state index in [-0.39, 0.29) is 24.5 Å². The van der Waals surface area contributed by atoms with Crippen molar-refractivity contribution < 1.29 is 19.4 Å². The van der Waals surface area contributed by atoms with E-state index in [1.165, 1.54) is 7.11 Å². The van der Waals surface area contributed by atoms with Crippen molar-refractivity contribution in [3.63, 3.8) is 0 Å². The molecule has 0 aromatic carbocycles. The number of hydrogen-bond acceptors (Lipinski definition) is 3. The van der Waals surface area contributed by atoms with Crippen LogP contribution in [0.25, 0.3) is 0 Å². The molecule has 1 atom stereocenters. The van der Waals surface area contributed by atoms with Gasteiger partial charge >= 0.3 is 5.97 Å². The highest BCUT2D eigenvalue weighted by Gasteiger charge is 2.47. The molecule has 5 nitrogen and oxygen atoms in total. The molecule has 2 rings (SSSR count). The van der Waals surface area contributed by atoms with Gasteiger partial charge in [0.2, 0.25) is 5.91 Å². The lowest BCUT2D eigenvalue weighted by Gasteiger charge is -2.42. The number of methoxy groups -OCH3 is 1. The number of likely N-dealkylation sites (tertiary alicyclic amines) is 1. The number of carbonyl (C=O) groups excluding carboxylic acids is 1. The van der Waals surface area contributed by atoms with Gasteiger partial charge in [-0.05, 0) is 25.7 Å². The fourth-order valence-electron chi connectivity index (χ4n) is 3.69. The van der Waals surface area contributed by atoms with Gasteiger partial charge in [0, 0.05) is 25.6 Å². The Morgan fingerprint density at radius 3 is 2.40 bits per heavy atom. The number of carbonyl (C=O) groups is 2. The Morgan fingerprint density at radius 1 is 1.20 bits per heavy atom. The lowest BCUT2D eigenvalue weighted by atomic mass is 9.78. The summed E-state index contributed by atoms with van der Waals surface area (Å²) in [7, 11) is 1.52. The molecular weight excluding hydrogens is 258 g/mol. The predicted octanol–water partition coefficient (Wildman–Crippen LogP) is 1.91. The largest absolute Gasteiger partial charge is 0.481 e. The maximum absolute atomic E-state index is 12.7. The van der Waals surface area contributed by atoms with Gasteiger partial charge in [0.25, 0.3) is 0 Å². The number of amides is 1. The van der Waals surface area contributed by atoms with Crippen LogP contribution in [0.5, 0.6) is 0 Å². The molecule has 0 spiro atoms. The van der Waals surface area contributed by atoms with Gasteiger partial charge in [-0.2, -0.15) is 0 Å². The van der Waals surface area contributed by atoms with E-state index in [9.17, 15) is 14.7 Å². The molecule has 1 saturated carbocycles. The van der Waals surface area contributed by atoms with Gasteiger partial charge in [-0.3, -0.25) is 9.59 Å². The first-order valence-corrected chi connectivity index (χ1v) is 7.45. The summed E-state index contributed by atoms with van der Waals surface area (Å²) in [5, 5.41) is 9.53. The molecule has 5 heteroatoms. The van der Waals surface area contributed by atoms with E-state index in [0.717, 1.165) is 32.1 Å². The highest BCUT2D eigenvalue weighted by Crippen LogP contribution is 2.41. The van der Waals surface area contributed by atoms with Crippen molar-refractivity contribution >= 4 is 11.9 Å². The Bertz CT molecular complexity index is 385.